The SMILES string of the molecule is CCCCCNC(=O)Nc1ccc(S(=O)(=O)NC(C)C)cc1. The molecule has 6 nitrogen and oxygen atoms in total. The molecule has 1 aromatic carbocycles. The van der Waals surface area contributed by atoms with Gasteiger partial charge in [0.25, 0.3) is 0 Å². The second-order valence-electron chi connectivity index (χ2n) is 5.39. The Labute approximate surface area is 132 Å². The van der Waals surface area contributed by atoms with Crippen molar-refractivity contribution in [1.29, 1.82) is 0 Å². The van der Waals surface area contributed by atoms with E-state index in [0.29, 0.717) is 12.2 Å². The Balaban J connectivity index is 2.56. The van der Waals surface area contributed by atoms with Gasteiger partial charge in [0.05, 0.1) is 4.90 Å². The number of amides is 2. The van der Waals surface area contributed by atoms with Crippen LogP contribution in [0.5, 0.6) is 0 Å². The first-order valence-electron chi connectivity index (χ1n) is 7.52. The Morgan fingerprint density at radius 3 is 2.32 bits per heavy atom. The van der Waals surface area contributed by atoms with E-state index in [1.807, 2.05) is 0 Å². The normalized spacial score (nSPS) is 11.5. The maximum absolute atomic E-state index is 12.0. The largest absolute Gasteiger partial charge is 0.338 e. The maximum Gasteiger partial charge on any atom is 0.319 e. The topological polar surface area (TPSA) is 87.3 Å². The average molecular weight is 327 g/mol. The maximum atomic E-state index is 12.0. The van der Waals surface area contributed by atoms with E-state index < -0.39 is 10.0 Å². The number of urea groups is 1. The number of anilines is 1. The van der Waals surface area contributed by atoms with Crippen molar-refractivity contribution in [3.05, 3.63) is 24.3 Å². The molecule has 22 heavy (non-hydrogen) atoms. The fraction of sp³-hybridized carbons (Fsp3) is 0.533. The van der Waals surface area contributed by atoms with Crippen molar-refractivity contribution >= 4 is 21.7 Å². The summed E-state index contributed by atoms with van der Waals surface area (Å²) in [7, 11) is -3.50. The molecule has 0 aliphatic rings. The van der Waals surface area contributed by atoms with E-state index in [0.717, 1.165) is 19.3 Å². The van der Waals surface area contributed by atoms with Gasteiger partial charge in [0.1, 0.15) is 0 Å². The molecule has 3 N–H and O–H groups in total. The van der Waals surface area contributed by atoms with E-state index in [2.05, 4.69) is 22.3 Å². The van der Waals surface area contributed by atoms with Gasteiger partial charge in [0.15, 0.2) is 0 Å². The molecule has 0 radical (unpaired) electrons. The van der Waals surface area contributed by atoms with Gasteiger partial charge in [-0.2, -0.15) is 0 Å². The summed E-state index contributed by atoms with van der Waals surface area (Å²) in [4.78, 5) is 11.8. The van der Waals surface area contributed by atoms with Gasteiger partial charge >= 0.3 is 6.03 Å². The van der Waals surface area contributed by atoms with Crippen LogP contribution in [-0.4, -0.2) is 27.0 Å². The summed E-state index contributed by atoms with van der Waals surface area (Å²) in [6.07, 6.45) is 3.13. The van der Waals surface area contributed by atoms with Crippen molar-refractivity contribution in [1.82, 2.24) is 10.0 Å². The minimum absolute atomic E-state index is 0.170. The number of carbonyl (C=O) groups is 1. The van der Waals surface area contributed by atoms with Gasteiger partial charge < -0.3 is 10.6 Å². The highest BCUT2D eigenvalue weighted by atomic mass is 32.2. The minimum atomic E-state index is -3.50. The van der Waals surface area contributed by atoms with Gasteiger partial charge in [0, 0.05) is 18.3 Å². The zero-order valence-electron chi connectivity index (χ0n) is 13.3. The predicted octanol–water partition coefficient (Wildman–Crippen LogP) is 2.69. The van der Waals surface area contributed by atoms with Crippen molar-refractivity contribution < 1.29 is 13.2 Å². The summed E-state index contributed by atoms with van der Waals surface area (Å²) in [5, 5.41) is 5.43. The van der Waals surface area contributed by atoms with Crippen LogP contribution in [0.3, 0.4) is 0 Å². The number of hydrogen-bond acceptors (Lipinski definition) is 3. The average Bonchev–Trinajstić information content (AvgIpc) is 2.43. The lowest BCUT2D eigenvalue weighted by Crippen LogP contribution is -2.30. The zero-order chi connectivity index (χ0) is 16.6. The highest BCUT2D eigenvalue weighted by Gasteiger charge is 2.15. The summed E-state index contributed by atoms with van der Waals surface area (Å²) in [6.45, 7) is 6.25. The van der Waals surface area contributed by atoms with Gasteiger partial charge in [-0.1, -0.05) is 19.8 Å². The van der Waals surface area contributed by atoms with Crippen LogP contribution in [0.2, 0.25) is 0 Å². The summed E-state index contributed by atoms with van der Waals surface area (Å²) >= 11 is 0. The van der Waals surface area contributed by atoms with Crippen LogP contribution in [-0.2, 0) is 10.0 Å². The molecular formula is C15H25N3O3S. The van der Waals surface area contributed by atoms with Crippen LogP contribution in [0, 0.1) is 0 Å². The van der Waals surface area contributed by atoms with Crippen LogP contribution in [0.1, 0.15) is 40.0 Å². The number of rotatable bonds is 8. The quantitative estimate of drug-likeness (QED) is 0.642. The molecule has 0 unspecified atom stereocenters. The van der Waals surface area contributed by atoms with Crippen LogP contribution in [0.25, 0.3) is 0 Å². The lowest BCUT2D eigenvalue weighted by atomic mass is 10.2. The Bertz CT molecular complexity index is 568. The predicted molar refractivity (Wildman–Crippen MR) is 88.4 cm³/mol. The van der Waals surface area contributed by atoms with E-state index in [1.54, 1.807) is 26.0 Å². The third kappa shape index (κ3) is 6.44. The number of sulfonamides is 1. The first-order chi connectivity index (χ1) is 10.3. The molecular weight excluding hydrogens is 302 g/mol. The zero-order valence-corrected chi connectivity index (χ0v) is 14.2. The minimum Gasteiger partial charge on any atom is -0.338 e. The number of carbonyl (C=O) groups excluding carboxylic acids is 1. The third-order valence-electron chi connectivity index (χ3n) is 2.88. The molecule has 0 aliphatic heterocycles. The highest BCUT2D eigenvalue weighted by molar-refractivity contribution is 7.89. The van der Waals surface area contributed by atoms with E-state index in [-0.39, 0.29) is 17.0 Å². The van der Waals surface area contributed by atoms with Crippen molar-refractivity contribution in [3.63, 3.8) is 0 Å². The van der Waals surface area contributed by atoms with Crippen LogP contribution in [0.4, 0.5) is 10.5 Å². The van der Waals surface area contributed by atoms with Crippen LogP contribution < -0.4 is 15.4 Å². The molecule has 0 heterocycles. The first kappa shape index (κ1) is 18.4. The first-order valence-corrected chi connectivity index (χ1v) is 9.00. The Kier molecular flexibility index (Phi) is 7.34. The van der Waals surface area contributed by atoms with Crippen LogP contribution >= 0.6 is 0 Å². The van der Waals surface area contributed by atoms with Crippen molar-refractivity contribution in [2.24, 2.45) is 0 Å². The Morgan fingerprint density at radius 1 is 1.14 bits per heavy atom. The van der Waals surface area contributed by atoms with E-state index in [1.165, 1.54) is 12.1 Å². The second-order valence-corrected chi connectivity index (χ2v) is 7.10. The molecule has 1 rings (SSSR count). The summed E-state index contributed by atoms with van der Waals surface area (Å²) < 4.78 is 26.4. The lowest BCUT2D eigenvalue weighted by molar-refractivity contribution is 0.252. The molecule has 0 saturated heterocycles. The molecule has 0 spiro atoms. The number of benzene rings is 1. The number of unbranched alkanes of at least 4 members (excludes halogenated alkanes) is 2. The third-order valence-corrected chi connectivity index (χ3v) is 4.55. The number of hydrogen-bond donors (Lipinski definition) is 3. The van der Waals surface area contributed by atoms with Gasteiger partial charge in [-0.05, 0) is 44.5 Å². The van der Waals surface area contributed by atoms with E-state index in [9.17, 15) is 13.2 Å². The summed E-state index contributed by atoms with van der Waals surface area (Å²) in [6, 6.07) is 5.62. The molecule has 0 fully saturated rings. The summed E-state index contributed by atoms with van der Waals surface area (Å²) in [5.41, 5.74) is 0.552. The molecule has 0 saturated carbocycles. The Hall–Kier alpha value is -1.60. The van der Waals surface area contributed by atoms with Gasteiger partial charge in [-0.3, -0.25) is 0 Å². The molecule has 0 atom stereocenters. The molecule has 124 valence electrons. The van der Waals surface area contributed by atoms with E-state index in [4.69, 9.17) is 0 Å². The molecule has 0 bridgehead atoms. The highest BCUT2D eigenvalue weighted by Crippen LogP contribution is 2.14. The van der Waals surface area contributed by atoms with Crippen molar-refractivity contribution in [2.75, 3.05) is 11.9 Å². The van der Waals surface area contributed by atoms with Gasteiger partial charge in [-0.15, -0.1) is 0 Å². The summed E-state index contributed by atoms with van der Waals surface area (Å²) in [5.74, 6) is 0. The Morgan fingerprint density at radius 2 is 1.77 bits per heavy atom. The molecule has 7 heteroatoms. The fourth-order valence-electron chi connectivity index (χ4n) is 1.85. The standard InChI is InChI=1S/C15H25N3O3S/c1-4-5-6-11-16-15(19)17-13-7-9-14(10-8-13)22(20,21)18-12(2)3/h7-10,12,18H,4-6,11H2,1-3H3,(H2,16,17,19). The molecule has 2 amide bonds. The molecule has 0 aliphatic carbocycles. The monoisotopic (exact) mass is 327 g/mol. The second kappa shape index (κ2) is 8.75. The smallest absolute Gasteiger partial charge is 0.319 e. The fourth-order valence-corrected chi connectivity index (χ4v) is 3.10. The van der Waals surface area contributed by atoms with Gasteiger partial charge in [-0.25, -0.2) is 17.9 Å². The van der Waals surface area contributed by atoms with Crippen molar-refractivity contribution in [3.8, 4) is 0 Å². The number of nitrogens with one attached hydrogen (secondary N) is 3. The molecule has 0 aromatic heterocycles. The van der Waals surface area contributed by atoms with Crippen LogP contribution in [0.15, 0.2) is 29.2 Å². The van der Waals surface area contributed by atoms with Gasteiger partial charge in [0.2, 0.25) is 10.0 Å². The van der Waals surface area contributed by atoms with E-state index >= 15 is 0 Å². The molecule has 1 aromatic rings. The van der Waals surface area contributed by atoms with Crippen molar-refractivity contribution in [2.45, 2.75) is 51.0 Å². The lowest BCUT2D eigenvalue weighted by Gasteiger charge is -2.11.